The van der Waals surface area contributed by atoms with E-state index < -0.39 is 17.6 Å². The predicted molar refractivity (Wildman–Crippen MR) is 114 cm³/mol. The summed E-state index contributed by atoms with van der Waals surface area (Å²) in [6, 6.07) is 9.11. The van der Waals surface area contributed by atoms with Crippen molar-refractivity contribution in [3.63, 3.8) is 0 Å². The largest absolute Gasteiger partial charge is 0.458 e. The fourth-order valence-corrected chi connectivity index (χ4v) is 3.91. The third kappa shape index (κ3) is 6.82. The molecular formula is C23H36N2O4. The summed E-state index contributed by atoms with van der Waals surface area (Å²) in [5.41, 5.74) is 0.347. The molecule has 0 saturated carbocycles. The number of hydrogen-bond donors (Lipinski definition) is 1. The number of carbonyl (C=O) groups is 2. The molecule has 29 heavy (non-hydrogen) atoms. The van der Waals surface area contributed by atoms with Gasteiger partial charge in [-0.3, -0.25) is 4.79 Å². The van der Waals surface area contributed by atoms with Gasteiger partial charge in [0.25, 0.3) is 0 Å². The highest BCUT2D eigenvalue weighted by Gasteiger charge is 2.37. The standard InChI is InChI=1S/C23H36N2O4/c1-16(20(28-6)19-13-10-14-25(19)5)21(26)24-18(22(27)29-23(2,3)4)15-17-11-8-7-9-12-17/h7-9,11-12,16,18-20H,10,13-15H2,1-6H3,(H,24,26). The van der Waals surface area contributed by atoms with Crippen LogP contribution in [0.5, 0.6) is 0 Å². The molecule has 0 aromatic heterocycles. The van der Waals surface area contributed by atoms with Gasteiger partial charge in [0, 0.05) is 19.6 Å². The molecule has 1 heterocycles. The van der Waals surface area contributed by atoms with Crippen LogP contribution in [0.1, 0.15) is 46.1 Å². The van der Waals surface area contributed by atoms with Crippen molar-refractivity contribution in [2.24, 2.45) is 5.92 Å². The van der Waals surface area contributed by atoms with E-state index in [1.807, 2.05) is 58.0 Å². The van der Waals surface area contributed by atoms with Crippen LogP contribution in [0.25, 0.3) is 0 Å². The number of nitrogens with one attached hydrogen (secondary N) is 1. The summed E-state index contributed by atoms with van der Waals surface area (Å²) < 4.78 is 11.3. The van der Waals surface area contributed by atoms with Gasteiger partial charge in [0.2, 0.25) is 5.91 Å². The number of hydrogen-bond acceptors (Lipinski definition) is 5. The van der Waals surface area contributed by atoms with Crippen molar-refractivity contribution in [3.8, 4) is 0 Å². The number of benzene rings is 1. The van der Waals surface area contributed by atoms with Crippen molar-refractivity contribution in [2.45, 2.75) is 70.7 Å². The molecule has 1 amide bonds. The Balaban J connectivity index is 2.13. The second-order valence-corrected chi connectivity index (χ2v) is 8.96. The van der Waals surface area contributed by atoms with Crippen molar-refractivity contribution < 1.29 is 19.1 Å². The average molecular weight is 405 g/mol. The van der Waals surface area contributed by atoms with Gasteiger partial charge in [-0.1, -0.05) is 37.3 Å². The maximum atomic E-state index is 13.1. The molecule has 0 aliphatic carbocycles. The molecule has 6 heteroatoms. The summed E-state index contributed by atoms with van der Waals surface area (Å²) in [6.45, 7) is 8.35. The van der Waals surface area contributed by atoms with Crippen LogP contribution in [0.4, 0.5) is 0 Å². The molecule has 1 aromatic carbocycles. The zero-order valence-electron chi connectivity index (χ0n) is 18.6. The highest BCUT2D eigenvalue weighted by Crippen LogP contribution is 2.25. The SMILES string of the molecule is COC(C(C)C(=O)NC(Cc1ccccc1)C(=O)OC(C)(C)C)C1CCCN1C. The van der Waals surface area contributed by atoms with E-state index in [1.165, 1.54) is 0 Å². The van der Waals surface area contributed by atoms with Crippen LogP contribution in [0.3, 0.4) is 0 Å². The average Bonchev–Trinajstić information content (AvgIpc) is 3.07. The molecule has 162 valence electrons. The Bertz CT molecular complexity index is 671. The minimum atomic E-state index is -0.745. The summed E-state index contributed by atoms with van der Waals surface area (Å²) in [4.78, 5) is 28.1. The Morgan fingerprint density at radius 2 is 1.90 bits per heavy atom. The van der Waals surface area contributed by atoms with Crippen LogP contribution in [-0.2, 0) is 25.5 Å². The molecular weight excluding hydrogens is 368 g/mol. The van der Waals surface area contributed by atoms with Gasteiger partial charge in [0.15, 0.2) is 0 Å². The van der Waals surface area contributed by atoms with E-state index in [1.54, 1.807) is 7.11 Å². The van der Waals surface area contributed by atoms with E-state index in [4.69, 9.17) is 9.47 Å². The Morgan fingerprint density at radius 1 is 1.24 bits per heavy atom. The Hall–Kier alpha value is -1.92. The van der Waals surface area contributed by atoms with Crippen LogP contribution in [0.15, 0.2) is 30.3 Å². The van der Waals surface area contributed by atoms with Gasteiger partial charge in [-0.2, -0.15) is 0 Å². The first kappa shape index (κ1) is 23.4. The zero-order chi connectivity index (χ0) is 21.6. The van der Waals surface area contributed by atoms with Crippen LogP contribution in [0.2, 0.25) is 0 Å². The first-order valence-electron chi connectivity index (χ1n) is 10.4. The maximum absolute atomic E-state index is 13.1. The van der Waals surface area contributed by atoms with Gasteiger partial charge in [-0.05, 0) is 52.8 Å². The highest BCUT2D eigenvalue weighted by atomic mass is 16.6. The normalized spacial score (nSPS) is 20.7. The maximum Gasteiger partial charge on any atom is 0.329 e. The molecule has 0 bridgehead atoms. The van der Waals surface area contributed by atoms with E-state index in [-0.39, 0.29) is 24.0 Å². The van der Waals surface area contributed by atoms with Crippen molar-refractivity contribution in [1.29, 1.82) is 0 Å². The third-order valence-electron chi connectivity index (χ3n) is 5.43. The topological polar surface area (TPSA) is 67.9 Å². The fourth-order valence-electron chi connectivity index (χ4n) is 3.91. The molecule has 0 spiro atoms. The predicted octanol–water partition coefficient (Wildman–Crippen LogP) is 2.80. The minimum absolute atomic E-state index is 0.191. The lowest BCUT2D eigenvalue weighted by Gasteiger charge is -2.32. The molecule has 2 rings (SSSR count). The van der Waals surface area contributed by atoms with Crippen molar-refractivity contribution in [2.75, 3.05) is 20.7 Å². The molecule has 1 fully saturated rings. The summed E-state index contributed by atoms with van der Waals surface area (Å²) in [5, 5.41) is 2.93. The first-order chi connectivity index (χ1) is 13.6. The van der Waals surface area contributed by atoms with Crippen molar-refractivity contribution in [1.82, 2.24) is 10.2 Å². The molecule has 1 aromatic rings. The smallest absolute Gasteiger partial charge is 0.329 e. The Labute approximate surface area is 174 Å². The molecule has 4 atom stereocenters. The molecule has 4 unspecified atom stereocenters. The molecule has 1 N–H and O–H groups in total. The zero-order valence-corrected chi connectivity index (χ0v) is 18.6. The molecule has 0 radical (unpaired) electrons. The van der Waals surface area contributed by atoms with Gasteiger partial charge in [-0.15, -0.1) is 0 Å². The molecule has 1 aliphatic heterocycles. The summed E-state index contributed by atoms with van der Waals surface area (Å²) in [7, 11) is 3.71. The number of likely N-dealkylation sites (N-methyl/N-ethyl adjacent to an activating group) is 1. The van der Waals surface area contributed by atoms with Crippen LogP contribution in [-0.4, -0.2) is 61.3 Å². The van der Waals surface area contributed by atoms with Crippen molar-refractivity contribution >= 4 is 11.9 Å². The number of nitrogens with zero attached hydrogens (tertiary/aromatic N) is 1. The highest BCUT2D eigenvalue weighted by molar-refractivity contribution is 5.86. The lowest BCUT2D eigenvalue weighted by atomic mass is 9.94. The Morgan fingerprint density at radius 3 is 2.41 bits per heavy atom. The monoisotopic (exact) mass is 404 g/mol. The van der Waals surface area contributed by atoms with E-state index in [0.717, 1.165) is 24.9 Å². The van der Waals surface area contributed by atoms with Gasteiger partial charge >= 0.3 is 5.97 Å². The second kappa shape index (κ2) is 10.2. The van der Waals surface area contributed by atoms with Crippen LogP contribution >= 0.6 is 0 Å². The summed E-state index contributed by atoms with van der Waals surface area (Å²) >= 11 is 0. The second-order valence-electron chi connectivity index (χ2n) is 8.96. The van der Waals surface area contributed by atoms with E-state index in [9.17, 15) is 9.59 Å². The Kier molecular flexibility index (Phi) is 8.23. The number of ether oxygens (including phenoxy) is 2. The van der Waals surface area contributed by atoms with Gasteiger partial charge in [-0.25, -0.2) is 4.79 Å². The lowest BCUT2D eigenvalue weighted by Crippen LogP contribution is -2.51. The van der Waals surface area contributed by atoms with Crippen LogP contribution in [0, 0.1) is 5.92 Å². The minimum Gasteiger partial charge on any atom is -0.458 e. The quantitative estimate of drug-likeness (QED) is 0.675. The van der Waals surface area contributed by atoms with E-state index in [2.05, 4.69) is 17.3 Å². The van der Waals surface area contributed by atoms with Gasteiger partial charge < -0.3 is 19.7 Å². The van der Waals surface area contributed by atoms with E-state index in [0.29, 0.717) is 6.42 Å². The number of esters is 1. The first-order valence-corrected chi connectivity index (χ1v) is 10.4. The van der Waals surface area contributed by atoms with E-state index >= 15 is 0 Å². The fraction of sp³-hybridized carbons (Fsp3) is 0.652. The van der Waals surface area contributed by atoms with Crippen LogP contribution < -0.4 is 5.32 Å². The van der Waals surface area contributed by atoms with Gasteiger partial charge in [0.1, 0.15) is 11.6 Å². The summed E-state index contributed by atoms with van der Waals surface area (Å²) in [6.07, 6.45) is 2.27. The molecule has 6 nitrogen and oxygen atoms in total. The van der Waals surface area contributed by atoms with Gasteiger partial charge in [0.05, 0.1) is 12.0 Å². The molecule has 1 aliphatic rings. The number of methoxy groups -OCH3 is 1. The number of rotatable bonds is 8. The summed E-state index contributed by atoms with van der Waals surface area (Å²) in [5.74, 6) is -0.996. The molecule has 1 saturated heterocycles. The third-order valence-corrected chi connectivity index (χ3v) is 5.43. The lowest BCUT2D eigenvalue weighted by molar-refractivity contribution is -0.159. The number of carbonyl (C=O) groups excluding carboxylic acids is 2. The number of amides is 1. The van der Waals surface area contributed by atoms with Crippen molar-refractivity contribution in [3.05, 3.63) is 35.9 Å². The number of likely N-dealkylation sites (tertiary alicyclic amines) is 1.